The molecule has 78 valence electrons. The number of rotatable bonds is 2. The fraction of sp³-hybridized carbons (Fsp3) is 0.846. The van der Waals surface area contributed by atoms with Gasteiger partial charge in [-0.1, -0.05) is 26.2 Å². The first-order chi connectivity index (χ1) is 6.64. The summed E-state index contributed by atoms with van der Waals surface area (Å²) in [6.07, 6.45) is 9.94. The van der Waals surface area contributed by atoms with Crippen molar-refractivity contribution in [3.05, 3.63) is 0 Å². The van der Waals surface area contributed by atoms with Gasteiger partial charge >= 0.3 is 0 Å². The molecule has 5 atom stereocenters. The van der Waals surface area contributed by atoms with E-state index in [0.717, 1.165) is 12.3 Å². The van der Waals surface area contributed by atoms with Gasteiger partial charge in [0.05, 0.1) is 0 Å². The summed E-state index contributed by atoms with van der Waals surface area (Å²) < 4.78 is 0. The lowest BCUT2D eigenvalue weighted by atomic mass is 9.63. The molecule has 2 aliphatic rings. The molecule has 1 N–H and O–H groups in total. The lowest BCUT2D eigenvalue weighted by Crippen LogP contribution is -2.42. The first kappa shape index (κ1) is 10.1. The van der Waals surface area contributed by atoms with Crippen molar-refractivity contribution in [2.24, 2.45) is 23.2 Å². The highest BCUT2D eigenvalue weighted by Gasteiger charge is 2.57. The summed E-state index contributed by atoms with van der Waals surface area (Å²) in [6, 6.07) is 0. The van der Waals surface area contributed by atoms with Crippen LogP contribution < -0.4 is 0 Å². The predicted molar refractivity (Wildman–Crippen MR) is 57.6 cm³/mol. The van der Waals surface area contributed by atoms with Crippen molar-refractivity contribution in [1.82, 2.24) is 0 Å². The van der Waals surface area contributed by atoms with Gasteiger partial charge in [0, 0.05) is 5.41 Å². The van der Waals surface area contributed by atoms with Gasteiger partial charge in [0.2, 0.25) is 0 Å². The second kappa shape index (κ2) is 3.28. The van der Waals surface area contributed by atoms with Gasteiger partial charge in [-0.05, 0) is 37.0 Å². The third kappa shape index (κ3) is 1.07. The summed E-state index contributed by atoms with van der Waals surface area (Å²) >= 11 is 0. The zero-order valence-electron chi connectivity index (χ0n) is 9.16. The molecule has 2 rings (SSSR count). The molecule has 0 radical (unpaired) electrons. The van der Waals surface area contributed by atoms with Crippen molar-refractivity contribution in [1.29, 1.82) is 0 Å². The second-order valence-electron chi connectivity index (χ2n) is 5.22. The van der Waals surface area contributed by atoms with Crippen LogP contribution in [0.3, 0.4) is 0 Å². The van der Waals surface area contributed by atoms with E-state index >= 15 is 0 Å². The molecular formula is C13H20O. The van der Waals surface area contributed by atoms with Gasteiger partial charge in [0.15, 0.2) is 0 Å². The van der Waals surface area contributed by atoms with Crippen molar-refractivity contribution in [2.45, 2.75) is 45.6 Å². The average Bonchev–Trinajstić information content (AvgIpc) is 2.75. The molecule has 0 aromatic carbocycles. The van der Waals surface area contributed by atoms with Crippen LogP contribution in [-0.4, -0.2) is 11.2 Å². The van der Waals surface area contributed by atoms with E-state index in [-0.39, 0.29) is 5.41 Å². The number of hydrogen-bond donors (Lipinski definition) is 1. The van der Waals surface area contributed by atoms with Crippen LogP contribution in [0.1, 0.15) is 39.5 Å². The Balaban J connectivity index is 2.29. The molecule has 1 heteroatoms. The van der Waals surface area contributed by atoms with Gasteiger partial charge in [0.25, 0.3) is 0 Å². The Kier molecular flexibility index (Phi) is 2.35. The van der Waals surface area contributed by atoms with Crippen LogP contribution in [0.5, 0.6) is 0 Å². The standard InChI is InChI=1S/C13H20O/c1-4-11-9-6-7-10(8-9)13(11,3)12(14)5-2/h2,9-12,14H,4,6-8H2,1,3H3/t9-,10+,11-,12?,13-/m1/s1. The molecule has 2 fully saturated rings. The zero-order chi connectivity index (χ0) is 10.3. The maximum atomic E-state index is 10.0. The third-order valence-electron chi connectivity index (χ3n) is 4.91. The minimum absolute atomic E-state index is 0.00637. The van der Waals surface area contributed by atoms with Gasteiger partial charge < -0.3 is 5.11 Å². The Bertz CT molecular complexity index is 265. The third-order valence-corrected chi connectivity index (χ3v) is 4.91. The second-order valence-corrected chi connectivity index (χ2v) is 5.22. The van der Waals surface area contributed by atoms with E-state index in [1.54, 1.807) is 0 Å². The first-order valence-corrected chi connectivity index (χ1v) is 5.78. The molecule has 14 heavy (non-hydrogen) atoms. The van der Waals surface area contributed by atoms with Crippen LogP contribution in [0.2, 0.25) is 0 Å². The smallest absolute Gasteiger partial charge is 0.120 e. The maximum Gasteiger partial charge on any atom is 0.120 e. The highest BCUT2D eigenvalue weighted by Crippen LogP contribution is 2.61. The van der Waals surface area contributed by atoms with Crippen LogP contribution in [0.4, 0.5) is 0 Å². The Hall–Kier alpha value is -0.480. The molecule has 1 nitrogen and oxygen atoms in total. The van der Waals surface area contributed by atoms with Crippen molar-refractivity contribution in [3.8, 4) is 12.3 Å². The molecule has 0 spiro atoms. The van der Waals surface area contributed by atoms with E-state index in [1.807, 2.05) is 0 Å². The van der Waals surface area contributed by atoms with Crippen molar-refractivity contribution >= 4 is 0 Å². The molecule has 2 bridgehead atoms. The molecule has 0 heterocycles. The fourth-order valence-electron chi connectivity index (χ4n) is 4.14. The van der Waals surface area contributed by atoms with Crippen LogP contribution in [-0.2, 0) is 0 Å². The highest BCUT2D eigenvalue weighted by atomic mass is 16.3. The molecule has 1 unspecified atom stereocenters. The van der Waals surface area contributed by atoms with Gasteiger partial charge in [-0.15, -0.1) is 6.42 Å². The SMILES string of the molecule is C#CC(O)[C@]1(C)[C@H]2CC[C@H](C2)[C@H]1CC. The summed E-state index contributed by atoms with van der Waals surface area (Å²) in [7, 11) is 0. The molecule has 2 aliphatic carbocycles. The minimum Gasteiger partial charge on any atom is -0.380 e. The van der Waals surface area contributed by atoms with Crippen molar-refractivity contribution < 1.29 is 5.11 Å². The topological polar surface area (TPSA) is 20.2 Å². The normalized spacial score (nSPS) is 47.7. The van der Waals surface area contributed by atoms with Crippen LogP contribution >= 0.6 is 0 Å². The van der Waals surface area contributed by atoms with Crippen molar-refractivity contribution in [2.75, 3.05) is 0 Å². The quantitative estimate of drug-likeness (QED) is 0.666. The molecule has 2 saturated carbocycles. The van der Waals surface area contributed by atoms with E-state index in [0.29, 0.717) is 11.8 Å². The molecule has 0 amide bonds. The molecule has 0 aromatic rings. The number of aliphatic hydroxyl groups is 1. The van der Waals surface area contributed by atoms with E-state index < -0.39 is 6.10 Å². The van der Waals surface area contributed by atoms with Gasteiger partial charge in [-0.3, -0.25) is 0 Å². The number of terminal acetylenes is 1. The summed E-state index contributed by atoms with van der Waals surface area (Å²) in [5.41, 5.74) is 0.00637. The Morgan fingerprint density at radius 3 is 2.86 bits per heavy atom. The molecular weight excluding hydrogens is 172 g/mol. The van der Waals surface area contributed by atoms with Gasteiger partial charge in [-0.2, -0.15) is 0 Å². The molecule has 0 aromatic heterocycles. The van der Waals surface area contributed by atoms with E-state index in [9.17, 15) is 5.11 Å². The zero-order valence-corrected chi connectivity index (χ0v) is 9.16. The highest BCUT2D eigenvalue weighted by molar-refractivity contribution is 5.13. The Labute approximate surface area is 86.9 Å². The summed E-state index contributed by atoms with van der Waals surface area (Å²) in [6.45, 7) is 4.43. The van der Waals surface area contributed by atoms with Crippen LogP contribution in [0.15, 0.2) is 0 Å². The summed E-state index contributed by atoms with van der Waals surface area (Å²) in [4.78, 5) is 0. The lowest BCUT2D eigenvalue weighted by Gasteiger charge is -2.42. The van der Waals surface area contributed by atoms with Gasteiger partial charge in [-0.25, -0.2) is 0 Å². The van der Waals surface area contributed by atoms with Gasteiger partial charge in [0.1, 0.15) is 6.10 Å². The van der Waals surface area contributed by atoms with E-state index in [1.165, 1.54) is 19.3 Å². The first-order valence-electron chi connectivity index (χ1n) is 5.78. The number of aliphatic hydroxyl groups excluding tert-OH is 1. The fourth-order valence-corrected chi connectivity index (χ4v) is 4.14. The largest absolute Gasteiger partial charge is 0.380 e. The Morgan fingerprint density at radius 2 is 2.29 bits per heavy atom. The van der Waals surface area contributed by atoms with Crippen LogP contribution in [0.25, 0.3) is 0 Å². The predicted octanol–water partition coefficient (Wildman–Crippen LogP) is 2.44. The van der Waals surface area contributed by atoms with E-state index in [4.69, 9.17) is 6.42 Å². The Morgan fingerprint density at radius 1 is 1.57 bits per heavy atom. The molecule has 0 saturated heterocycles. The maximum absolute atomic E-state index is 10.0. The summed E-state index contributed by atoms with van der Waals surface area (Å²) in [5.74, 6) is 4.70. The number of fused-ring (bicyclic) bond motifs is 2. The molecule has 0 aliphatic heterocycles. The van der Waals surface area contributed by atoms with Crippen molar-refractivity contribution in [3.63, 3.8) is 0 Å². The van der Waals surface area contributed by atoms with Crippen LogP contribution in [0, 0.1) is 35.5 Å². The monoisotopic (exact) mass is 192 g/mol. The van der Waals surface area contributed by atoms with E-state index in [2.05, 4.69) is 19.8 Å². The summed E-state index contributed by atoms with van der Waals surface area (Å²) in [5, 5.41) is 10.0. The average molecular weight is 192 g/mol. The minimum atomic E-state index is -0.539. The number of hydrogen-bond acceptors (Lipinski definition) is 1. The lowest BCUT2D eigenvalue weighted by molar-refractivity contribution is -0.0126.